The molecule has 5 heteroatoms. The van der Waals surface area contributed by atoms with Crippen LogP contribution in [-0.2, 0) is 19.1 Å². The largest absolute Gasteiger partial charge is 0.463 e. The Morgan fingerprint density at radius 2 is 1.22 bits per heavy atom. The van der Waals surface area contributed by atoms with Crippen molar-refractivity contribution in [3.05, 3.63) is 82.7 Å². The van der Waals surface area contributed by atoms with E-state index >= 15 is 0 Å². The average molecular weight is 430 g/mol. The Hall–Kier alpha value is -3.60. The van der Waals surface area contributed by atoms with E-state index in [1.807, 2.05) is 62.4 Å². The summed E-state index contributed by atoms with van der Waals surface area (Å²) >= 11 is 0. The van der Waals surface area contributed by atoms with Crippen LogP contribution in [0.15, 0.2) is 77.1 Å². The Balaban J connectivity index is 2.12. The van der Waals surface area contributed by atoms with Crippen molar-refractivity contribution in [1.29, 1.82) is 0 Å². The summed E-state index contributed by atoms with van der Waals surface area (Å²) < 4.78 is 10.9. The highest BCUT2D eigenvalue weighted by Crippen LogP contribution is 2.45. The van der Waals surface area contributed by atoms with E-state index in [9.17, 15) is 9.59 Å². The summed E-state index contributed by atoms with van der Waals surface area (Å²) in [5.74, 6) is -1.49. The number of carbonyl (C=O) groups is 2. The molecule has 0 amide bonds. The van der Waals surface area contributed by atoms with E-state index in [2.05, 4.69) is 11.4 Å². The Morgan fingerprint density at radius 1 is 0.781 bits per heavy atom. The number of hydrogen-bond acceptors (Lipinski definition) is 5. The maximum Gasteiger partial charge on any atom is 0.336 e. The molecule has 1 heterocycles. The molecule has 4 rings (SSSR count). The molecule has 0 fully saturated rings. The second-order valence-corrected chi connectivity index (χ2v) is 7.81. The lowest BCUT2D eigenvalue weighted by Crippen LogP contribution is -2.32. The van der Waals surface area contributed by atoms with Gasteiger partial charge < -0.3 is 14.8 Å². The van der Waals surface area contributed by atoms with Gasteiger partial charge in [0.05, 0.1) is 30.3 Å². The molecule has 32 heavy (non-hydrogen) atoms. The van der Waals surface area contributed by atoms with Crippen LogP contribution >= 0.6 is 0 Å². The number of ether oxygens (including phenoxy) is 2. The van der Waals surface area contributed by atoms with Gasteiger partial charge in [-0.15, -0.1) is 0 Å². The van der Waals surface area contributed by atoms with E-state index in [0.717, 1.165) is 27.1 Å². The molecule has 1 N–H and O–H groups in total. The SMILES string of the molecule is CCOC(=O)C1=C(C)NC(C)=C(C(=O)OCC)C1c1c2ccccc2cc2ccccc12. The van der Waals surface area contributed by atoms with Crippen LogP contribution in [0.4, 0.5) is 0 Å². The lowest BCUT2D eigenvalue weighted by molar-refractivity contribution is -0.139. The third-order valence-electron chi connectivity index (χ3n) is 5.85. The smallest absolute Gasteiger partial charge is 0.336 e. The van der Waals surface area contributed by atoms with Gasteiger partial charge in [0.2, 0.25) is 0 Å². The molecule has 3 aromatic rings. The lowest BCUT2D eigenvalue weighted by Gasteiger charge is -2.32. The number of hydrogen-bond donors (Lipinski definition) is 1. The van der Waals surface area contributed by atoms with Gasteiger partial charge in [-0.25, -0.2) is 9.59 Å². The summed E-state index contributed by atoms with van der Waals surface area (Å²) in [5, 5.41) is 7.27. The quantitative estimate of drug-likeness (QED) is 0.437. The molecule has 0 saturated carbocycles. The van der Waals surface area contributed by atoms with Crippen molar-refractivity contribution in [2.24, 2.45) is 0 Å². The zero-order valence-electron chi connectivity index (χ0n) is 18.8. The van der Waals surface area contributed by atoms with Crippen molar-refractivity contribution in [3.8, 4) is 0 Å². The number of rotatable bonds is 5. The number of dihydropyridines is 1. The van der Waals surface area contributed by atoms with E-state index in [1.165, 1.54) is 0 Å². The molecule has 0 saturated heterocycles. The lowest BCUT2D eigenvalue weighted by atomic mass is 9.76. The summed E-state index contributed by atoms with van der Waals surface area (Å²) in [4.78, 5) is 26.4. The number of carbonyl (C=O) groups excluding carboxylic acids is 2. The first kappa shape index (κ1) is 21.6. The van der Waals surface area contributed by atoms with Gasteiger partial charge in [-0.05, 0) is 60.9 Å². The molecular formula is C27H27NO4. The fourth-order valence-electron chi connectivity index (χ4n) is 4.60. The molecule has 0 aliphatic carbocycles. The normalized spacial score (nSPS) is 14.6. The monoisotopic (exact) mass is 429 g/mol. The fourth-order valence-corrected chi connectivity index (χ4v) is 4.60. The molecule has 0 aromatic heterocycles. The zero-order chi connectivity index (χ0) is 22.8. The number of fused-ring (bicyclic) bond motifs is 2. The van der Waals surface area contributed by atoms with Crippen LogP contribution in [0.5, 0.6) is 0 Å². The maximum atomic E-state index is 13.2. The van der Waals surface area contributed by atoms with Crippen LogP contribution in [0.2, 0.25) is 0 Å². The van der Waals surface area contributed by atoms with E-state index in [-0.39, 0.29) is 13.2 Å². The van der Waals surface area contributed by atoms with Gasteiger partial charge in [0.1, 0.15) is 0 Å². The highest BCUT2D eigenvalue weighted by molar-refractivity contribution is 6.08. The molecule has 0 bridgehead atoms. The van der Waals surface area contributed by atoms with Crippen LogP contribution in [-0.4, -0.2) is 25.2 Å². The number of esters is 2. The highest BCUT2D eigenvalue weighted by Gasteiger charge is 2.39. The van der Waals surface area contributed by atoms with Gasteiger partial charge in [0, 0.05) is 11.4 Å². The second-order valence-electron chi connectivity index (χ2n) is 7.81. The summed E-state index contributed by atoms with van der Waals surface area (Å²) in [6, 6.07) is 18.2. The van der Waals surface area contributed by atoms with Crippen LogP contribution in [0.25, 0.3) is 21.5 Å². The molecule has 164 valence electrons. The predicted molar refractivity (Wildman–Crippen MR) is 126 cm³/mol. The van der Waals surface area contributed by atoms with Crippen LogP contribution < -0.4 is 5.32 Å². The first-order valence-electron chi connectivity index (χ1n) is 10.9. The van der Waals surface area contributed by atoms with Crippen molar-refractivity contribution in [2.75, 3.05) is 13.2 Å². The van der Waals surface area contributed by atoms with Gasteiger partial charge in [0.15, 0.2) is 0 Å². The minimum absolute atomic E-state index is 0.246. The topological polar surface area (TPSA) is 64.6 Å². The van der Waals surface area contributed by atoms with Crippen LogP contribution in [0.3, 0.4) is 0 Å². The van der Waals surface area contributed by atoms with Gasteiger partial charge in [0.25, 0.3) is 0 Å². The van der Waals surface area contributed by atoms with Crippen molar-refractivity contribution < 1.29 is 19.1 Å². The van der Waals surface area contributed by atoms with Crippen molar-refractivity contribution >= 4 is 33.5 Å². The summed E-state index contributed by atoms with van der Waals surface area (Å²) in [6.45, 7) is 7.74. The Bertz CT molecular complexity index is 1190. The minimum Gasteiger partial charge on any atom is -0.463 e. The number of nitrogens with one attached hydrogen (secondary N) is 1. The van der Waals surface area contributed by atoms with Gasteiger partial charge in [-0.1, -0.05) is 48.5 Å². The van der Waals surface area contributed by atoms with E-state index in [0.29, 0.717) is 22.5 Å². The Morgan fingerprint density at radius 3 is 1.66 bits per heavy atom. The minimum atomic E-state index is -0.620. The maximum absolute atomic E-state index is 13.2. The summed E-state index contributed by atoms with van der Waals surface area (Å²) in [6.07, 6.45) is 0. The third-order valence-corrected chi connectivity index (χ3v) is 5.85. The number of allylic oxidation sites excluding steroid dienone is 2. The molecule has 0 radical (unpaired) electrons. The first-order chi connectivity index (χ1) is 15.5. The molecule has 0 unspecified atom stereocenters. The first-order valence-corrected chi connectivity index (χ1v) is 10.9. The molecular weight excluding hydrogens is 402 g/mol. The van der Waals surface area contributed by atoms with Crippen LogP contribution in [0.1, 0.15) is 39.2 Å². The second kappa shape index (κ2) is 8.87. The van der Waals surface area contributed by atoms with E-state index in [1.54, 1.807) is 13.8 Å². The van der Waals surface area contributed by atoms with Crippen molar-refractivity contribution in [2.45, 2.75) is 33.6 Å². The molecule has 0 atom stereocenters. The predicted octanol–water partition coefficient (Wildman–Crippen LogP) is 5.35. The summed E-state index contributed by atoms with van der Waals surface area (Å²) in [5.41, 5.74) is 3.13. The molecule has 1 aliphatic rings. The van der Waals surface area contributed by atoms with Gasteiger partial charge in [-0.2, -0.15) is 0 Å². The fraction of sp³-hybridized carbons (Fsp3) is 0.259. The van der Waals surface area contributed by atoms with E-state index in [4.69, 9.17) is 9.47 Å². The van der Waals surface area contributed by atoms with E-state index < -0.39 is 17.9 Å². The van der Waals surface area contributed by atoms with Crippen LogP contribution in [0, 0.1) is 0 Å². The van der Waals surface area contributed by atoms with Crippen molar-refractivity contribution in [1.82, 2.24) is 5.32 Å². The molecule has 5 nitrogen and oxygen atoms in total. The standard InChI is InChI=1S/C27H27NO4/c1-5-31-26(29)22-16(3)28-17(4)23(27(30)32-6-2)25(22)24-20-13-9-7-11-18(20)15-19-12-8-10-14-21(19)24/h7-15,25,28H,5-6H2,1-4H3. The van der Waals surface area contributed by atoms with Gasteiger partial charge >= 0.3 is 11.9 Å². The highest BCUT2D eigenvalue weighted by atomic mass is 16.5. The number of benzene rings is 3. The van der Waals surface area contributed by atoms with Crippen molar-refractivity contribution in [3.63, 3.8) is 0 Å². The van der Waals surface area contributed by atoms with Gasteiger partial charge in [-0.3, -0.25) is 0 Å². The third kappa shape index (κ3) is 3.64. The average Bonchev–Trinajstić information content (AvgIpc) is 2.77. The molecule has 1 aliphatic heterocycles. The zero-order valence-corrected chi connectivity index (χ0v) is 18.8. The summed E-state index contributed by atoms with van der Waals surface area (Å²) in [7, 11) is 0. The Labute approximate surface area is 187 Å². The Kier molecular flexibility index (Phi) is 5.99. The molecule has 0 spiro atoms. The molecule has 3 aromatic carbocycles.